The highest BCUT2D eigenvalue weighted by atomic mass is 35.5. The summed E-state index contributed by atoms with van der Waals surface area (Å²) in [4.78, 5) is 26.1. The minimum absolute atomic E-state index is 0. The molecule has 4 aromatic rings. The number of sulfonamides is 1. The van der Waals surface area contributed by atoms with E-state index in [4.69, 9.17) is 4.74 Å². The Labute approximate surface area is 274 Å². The third kappa shape index (κ3) is 10.9. The van der Waals surface area contributed by atoms with Gasteiger partial charge in [0.1, 0.15) is 23.1 Å². The van der Waals surface area contributed by atoms with Crippen LogP contribution in [0, 0.1) is 5.82 Å². The molecule has 240 valence electrons. The van der Waals surface area contributed by atoms with Crippen molar-refractivity contribution in [2.24, 2.45) is 0 Å². The van der Waals surface area contributed by atoms with Gasteiger partial charge in [-0.05, 0) is 85.1 Å². The van der Waals surface area contributed by atoms with E-state index in [2.05, 4.69) is 24.9 Å². The van der Waals surface area contributed by atoms with Gasteiger partial charge in [-0.2, -0.15) is 0 Å². The molecule has 1 aliphatic rings. The summed E-state index contributed by atoms with van der Waals surface area (Å²) < 4.78 is 44.4. The molecule has 0 aliphatic carbocycles. The number of nitrogens with zero attached hydrogens (tertiary/aromatic N) is 4. The van der Waals surface area contributed by atoms with Crippen LogP contribution >= 0.6 is 24.8 Å². The van der Waals surface area contributed by atoms with Crippen molar-refractivity contribution in [1.29, 1.82) is 0 Å². The molecule has 2 N–H and O–H groups in total. The van der Waals surface area contributed by atoms with Crippen LogP contribution in [0.4, 0.5) is 20.6 Å². The van der Waals surface area contributed by atoms with Crippen molar-refractivity contribution in [1.82, 2.24) is 19.8 Å². The van der Waals surface area contributed by atoms with Gasteiger partial charge in [0.2, 0.25) is 10.0 Å². The number of nitrogens with one attached hydrogen (secondary N) is 2. The Morgan fingerprint density at radius 3 is 2.04 bits per heavy atom. The zero-order chi connectivity index (χ0) is 30.2. The first kappa shape index (κ1) is 35.5. The summed E-state index contributed by atoms with van der Waals surface area (Å²) in [6.45, 7) is 2.67. The molecular formula is C31H35Cl2FN6O4S. The fourth-order valence-corrected chi connectivity index (χ4v) is 5.47. The summed E-state index contributed by atoms with van der Waals surface area (Å²) in [5, 5.41) is 2.88. The predicted octanol–water partition coefficient (Wildman–Crippen LogP) is 6.32. The molecular weight excluding hydrogens is 642 g/mol. The van der Waals surface area contributed by atoms with Gasteiger partial charge < -0.3 is 15.0 Å². The van der Waals surface area contributed by atoms with Gasteiger partial charge in [0.25, 0.3) is 0 Å². The number of rotatable bonds is 10. The van der Waals surface area contributed by atoms with Crippen LogP contribution in [-0.2, 0) is 23.1 Å². The number of likely N-dealkylation sites (tertiary alicyclic amines) is 1. The SMILES string of the molecule is CS(=O)(=O)Nc1ccc(Oc2ccc(CN3CCC(N(Cc4ncccn4)C(=O)Nc4ccc(F)cc4)CC3)cc2)cc1.Cl.Cl. The van der Waals surface area contributed by atoms with E-state index in [-0.39, 0.29) is 49.2 Å². The number of hydrogen-bond acceptors (Lipinski definition) is 7. The average Bonchev–Trinajstić information content (AvgIpc) is 2.99. The average molecular weight is 678 g/mol. The van der Waals surface area contributed by atoms with Crippen molar-refractivity contribution >= 4 is 52.2 Å². The second-order valence-corrected chi connectivity index (χ2v) is 12.1. The maximum Gasteiger partial charge on any atom is 0.322 e. The molecule has 0 saturated carbocycles. The van der Waals surface area contributed by atoms with E-state index in [1.807, 2.05) is 24.3 Å². The van der Waals surface area contributed by atoms with Crippen LogP contribution in [0.15, 0.2) is 91.3 Å². The monoisotopic (exact) mass is 676 g/mol. The van der Waals surface area contributed by atoms with Gasteiger partial charge in [0.05, 0.1) is 12.8 Å². The topological polar surface area (TPSA) is 117 Å². The van der Waals surface area contributed by atoms with Crippen molar-refractivity contribution in [3.05, 3.63) is 108 Å². The molecule has 0 atom stereocenters. The molecule has 0 spiro atoms. The molecule has 0 radical (unpaired) electrons. The maximum atomic E-state index is 13.3. The number of ether oxygens (including phenoxy) is 1. The van der Waals surface area contributed by atoms with Gasteiger partial charge in [0.15, 0.2) is 0 Å². The van der Waals surface area contributed by atoms with Crippen molar-refractivity contribution in [3.63, 3.8) is 0 Å². The number of carbonyl (C=O) groups is 1. The second-order valence-electron chi connectivity index (χ2n) is 10.4. The van der Waals surface area contributed by atoms with Gasteiger partial charge in [-0.1, -0.05) is 12.1 Å². The van der Waals surface area contributed by atoms with Gasteiger partial charge in [-0.25, -0.2) is 27.6 Å². The highest BCUT2D eigenvalue weighted by Crippen LogP contribution is 2.25. The highest BCUT2D eigenvalue weighted by Gasteiger charge is 2.29. The molecule has 1 aliphatic heterocycles. The van der Waals surface area contributed by atoms with Crippen LogP contribution in [-0.4, -0.2) is 59.6 Å². The first-order valence-electron chi connectivity index (χ1n) is 13.9. The summed E-state index contributed by atoms with van der Waals surface area (Å²) in [5.41, 5.74) is 2.14. The number of urea groups is 1. The highest BCUT2D eigenvalue weighted by molar-refractivity contribution is 7.92. The molecule has 1 aromatic heterocycles. The number of hydrogen-bond donors (Lipinski definition) is 2. The van der Waals surface area contributed by atoms with Crippen molar-refractivity contribution < 1.29 is 22.3 Å². The minimum atomic E-state index is -3.33. The third-order valence-corrected chi connectivity index (χ3v) is 7.61. The lowest BCUT2D eigenvalue weighted by Crippen LogP contribution is -2.48. The zero-order valence-corrected chi connectivity index (χ0v) is 27.0. The fraction of sp³-hybridized carbons (Fsp3) is 0.258. The molecule has 0 bridgehead atoms. The summed E-state index contributed by atoms with van der Waals surface area (Å²) in [6, 6.07) is 21.8. The summed E-state index contributed by atoms with van der Waals surface area (Å²) in [5.74, 6) is 1.47. The Bertz CT molecular complexity index is 1610. The van der Waals surface area contributed by atoms with Crippen molar-refractivity contribution in [2.75, 3.05) is 29.4 Å². The number of carbonyl (C=O) groups excluding carboxylic acids is 1. The van der Waals surface area contributed by atoms with Crippen LogP contribution in [0.2, 0.25) is 0 Å². The third-order valence-electron chi connectivity index (χ3n) is 7.01. The minimum Gasteiger partial charge on any atom is -0.457 e. The van der Waals surface area contributed by atoms with E-state index < -0.39 is 10.0 Å². The number of anilines is 2. The maximum absolute atomic E-state index is 13.3. The summed E-state index contributed by atoms with van der Waals surface area (Å²) in [7, 11) is -3.33. The van der Waals surface area contributed by atoms with Crippen LogP contribution in [0.25, 0.3) is 0 Å². The Balaban J connectivity index is 0.00000276. The van der Waals surface area contributed by atoms with E-state index in [0.29, 0.717) is 28.7 Å². The van der Waals surface area contributed by atoms with Gasteiger partial charge in [-0.15, -0.1) is 24.8 Å². The number of amides is 2. The Hall–Kier alpha value is -3.97. The lowest BCUT2D eigenvalue weighted by Gasteiger charge is -2.38. The van der Waals surface area contributed by atoms with Gasteiger partial charge >= 0.3 is 6.03 Å². The molecule has 10 nitrogen and oxygen atoms in total. The Morgan fingerprint density at radius 1 is 0.911 bits per heavy atom. The van der Waals surface area contributed by atoms with E-state index >= 15 is 0 Å². The first-order valence-corrected chi connectivity index (χ1v) is 15.8. The number of benzene rings is 3. The molecule has 2 amide bonds. The quantitative estimate of drug-likeness (QED) is 0.202. The van der Waals surface area contributed by atoms with Crippen LogP contribution < -0.4 is 14.8 Å². The molecule has 1 fully saturated rings. The lowest BCUT2D eigenvalue weighted by atomic mass is 10.0. The predicted molar refractivity (Wildman–Crippen MR) is 177 cm³/mol. The summed E-state index contributed by atoms with van der Waals surface area (Å²) >= 11 is 0. The van der Waals surface area contributed by atoms with Crippen molar-refractivity contribution in [2.45, 2.75) is 32.0 Å². The van der Waals surface area contributed by atoms with E-state index in [9.17, 15) is 17.6 Å². The van der Waals surface area contributed by atoms with E-state index in [1.165, 1.54) is 12.1 Å². The molecule has 2 heterocycles. The molecule has 1 saturated heterocycles. The van der Waals surface area contributed by atoms with E-state index in [1.54, 1.807) is 59.8 Å². The molecule has 3 aromatic carbocycles. The lowest BCUT2D eigenvalue weighted by molar-refractivity contribution is 0.118. The second kappa shape index (κ2) is 16.4. The number of aromatic nitrogens is 2. The van der Waals surface area contributed by atoms with E-state index in [0.717, 1.165) is 44.3 Å². The van der Waals surface area contributed by atoms with Gasteiger partial charge in [-0.3, -0.25) is 9.62 Å². The number of halogens is 3. The molecule has 5 rings (SSSR count). The fourth-order valence-electron chi connectivity index (χ4n) is 4.91. The molecule has 14 heteroatoms. The largest absolute Gasteiger partial charge is 0.457 e. The Kier molecular flexibility index (Phi) is 12.9. The van der Waals surface area contributed by atoms with Crippen LogP contribution in [0.3, 0.4) is 0 Å². The number of piperidine rings is 1. The standard InChI is InChI=1S/C31H33FN6O4S.2ClH/c1-43(40,41)36-26-9-13-29(14-10-26)42-28-11-3-23(4-12-28)21-37-19-15-27(16-20-37)38(22-30-33-17-2-18-34-30)31(39)35-25-7-5-24(32)6-8-25;;/h2-14,17-18,27,36H,15-16,19-22H2,1H3,(H,35,39);2*1H. The summed E-state index contributed by atoms with van der Waals surface area (Å²) in [6.07, 6.45) is 6.00. The van der Waals surface area contributed by atoms with Crippen LogP contribution in [0.5, 0.6) is 11.5 Å². The van der Waals surface area contributed by atoms with Crippen molar-refractivity contribution in [3.8, 4) is 11.5 Å². The smallest absolute Gasteiger partial charge is 0.322 e. The van der Waals surface area contributed by atoms with Crippen LogP contribution in [0.1, 0.15) is 24.2 Å². The van der Waals surface area contributed by atoms with Gasteiger partial charge in [0, 0.05) is 49.4 Å². The Morgan fingerprint density at radius 2 is 1.47 bits per heavy atom. The first-order chi connectivity index (χ1) is 20.7. The zero-order valence-electron chi connectivity index (χ0n) is 24.5. The molecule has 0 unspecified atom stereocenters. The molecule has 45 heavy (non-hydrogen) atoms. The normalized spacial score (nSPS) is 13.6.